The van der Waals surface area contributed by atoms with Gasteiger partial charge in [-0.1, -0.05) is 64.5 Å². The molecule has 4 aromatic rings. The molecule has 0 bridgehead atoms. The van der Waals surface area contributed by atoms with Crippen LogP contribution in [0.1, 0.15) is 20.7 Å². The van der Waals surface area contributed by atoms with Crippen LogP contribution in [-0.2, 0) is 0 Å². The summed E-state index contributed by atoms with van der Waals surface area (Å²) in [5, 5.41) is 0.747. The molecule has 0 fully saturated rings. The first-order valence-corrected chi connectivity index (χ1v) is 8.93. The minimum absolute atomic E-state index is 0.166. The zero-order chi connectivity index (χ0) is 18.1. The van der Waals surface area contributed by atoms with Gasteiger partial charge in [0, 0.05) is 27.2 Å². The van der Waals surface area contributed by atoms with Crippen molar-refractivity contribution < 1.29 is 9.59 Å². The Labute approximate surface area is 159 Å². The fourth-order valence-corrected chi connectivity index (χ4v) is 3.69. The van der Waals surface area contributed by atoms with E-state index in [0.29, 0.717) is 16.6 Å². The fourth-order valence-electron chi connectivity index (χ4n) is 3.10. The summed E-state index contributed by atoms with van der Waals surface area (Å²) < 4.78 is 2.32. The number of carbonyl (C=O) groups excluding carboxylic acids is 2. The number of nitrogens with zero attached hydrogens (tertiary/aromatic N) is 1. The zero-order valence-electron chi connectivity index (χ0n) is 13.7. The molecule has 0 N–H and O–H groups in total. The molecule has 0 saturated carbocycles. The van der Waals surface area contributed by atoms with Crippen molar-refractivity contribution in [3.05, 3.63) is 94.6 Å². The fraction of sp³-hybridized carbons (Fsp3) is 0. The Morgan fingerprint density at radius 1 is 0.846 bits per heavy atom. The summed E-state index contributed by atoms with van der Waals surface area (Å²) in [6, 6.07) is 23.1. The van der Waals surface area contributed by atoms with Crippen LogP contribution in [0.15, 0.2) is 83.5 Å². The number of carbonyl (C=O) groups is 2. The van der Waals surface area contributed by atoms with Crippen LogP contribution in [0, 0.1) is 0 Å². The predicted molar refractivity (Wildman–Crippen MR) is 107 cm³/mol. The van der Waals surface area contributed by atoms with Gasteiger partial charge in [-0.05, 0) is 35.4 Å². The largest absolute Gasteiger partial charge is 0.298 e. The smallest absolute Gasteiger partial charge is 0.262 e. The Kier molecular flexibility index (Phi) is 4.27. The van der Waals surface area contributed by atoms with E-state index in [1.807, 2.05) is 72.8 Å². The number of hydrogen-bond acceptors (Lipinski definition) is 2. The molecule has 0 aliphatic carbocycles. The number of halogens is 1. The summed E-state index contributed by atoms with van der Waals surface area (Å²) in [6.07, 6.45) is 2.37. The SMILES string of the molecule is O=Cc1cn(C(=O)c2ccc(-c3ccccc3)cc2)c2cccc(Br)c12. The maximum Gasteiger partial charge on any atom is 0.262 e. The van der Waals surface area contributed by atoms with Crippen LogP contribution >= 0.6 is 15.9 Å². The summed E-state index contributed by atoms with van der Waals surface area (Å²) >= 11 is 3.46. The highest BCUT2D eigenvalue weighted by Crippen LogP contribution is 2.29. The van der Waals surface area contributed by atoms with Gasteiger partial charge in [0.15, 0.2) is 6.29 Å². The van der Waals surface area contributed by atoms with Crippen LogP contribution in [-0.4, -0.2) is 16.8 Å². The standard InChI is InChI=1S/C22H14BrNO2/c23-19-7-4-8-20-21(19)18(14-25)13-24(20)22(26)17-11-9-16(10-12-17)15-5-2-1-3-6-15/h1-14H. The third kappa shape index (κ3) is 2.78. The van der Waals surface area contributed by atoms with Gasteiger partial charge in [-0.3, -0.25) is 14.2 Å². The maximum atomic E-state index is 13.0. The van der Waals surface area contributed by atoms with E-state index in [1.54, 1.807) is 6.20 Å². The first-order valence-electron chi connectivity index (χ1n) is 8.14. The molecule has 0 saturated heterocycles. The van der Waals surface area contributed by atoms with Crippen LogP contribution in [0.25, 0.3) is 22.0 Å². The lowest BCUT2D eigenvalue weighted by molar-refractivity contribution is 0.0965. The Balaban J connectivity index is 1.76. The molecular weight excluding hydrogens is 390 g/mol. The third-order valence-corrected chi connectivity index (χ3v) is 5.05. The molecule has 4 heteroatoms. The molecule has 4 rings (SSSR count). The predicted octanol–water partition coefficient (Wildman–Crippen LogP) is 5.57. The third-order valence-electron chi connectivity index (χ3n) is 4.39. The van der Waals surface area contributed by atoms with Gasteiger partial charge in [-0.2, -0.15) is 0 Å². The van der Waals surface area contributed by atoms with Gasteiger partial charge in [-0.25, -0.2) is 0 Å². The molecule has 1 aromatic heterocycles. The number of benzene rings is 3. The average molecular weight is 404 g/mol. The lowest BCUT2D eigenvalue weighted by Gasteiger charge is -2.06. The number of hydrogen-bond donors (Lipinski definition) is 0. The molecule has 3 aromatic carbocycles. The van der Waals surface area contributed by atoms with Crippen LogP contribution in [0.3, 0.4) is 0 Å². The van der Waals surface area contributed by atoms with E-state index >= 15 is 0 Å². The Morgan fingerprint density at radius 2 is 1.54 bits per heavy atom. The Morgan fingerprint density at radius 3 is 2.23 bits per heavy atom. The van der Waals surface area contributed by atoms with E-state index < -0.39 is 0 Å². The van der Waals surface area contributed by atoms with E-state index in [0.717, 1.165) is 27.3 Å². The highest BCUT2D eigenvalue weighted by Gasteiger charge is 2.16. The first-order chi connectivity index (χ1) is 12.7. The summed E-state index contributed by atoms with van der Waals surface area (Å²) in [6.45, 7) is 0. The van der Waals surface area contributed by atoms with Crippen molar-refractivity contribution in [2.24, 2.45) is 0 Å². The molecule has 126 valence electrons. The highest BCUT2D eigenvalue weighted by atomic mass is 79.9. The lowest BCUT2D eigenvalue weighted by Crippen LogP contribution is -2.10. The van der Waals surface area contributed by atoms with Crippen LogP contribution in [0.5, 0.6) is 0 Å². The second-order valence-electron chi connectivity index (χ2n) is 5.95. The zero-order valence-corrected chi connectivity index (χ0v) is 15.3. The second kappa shape index (κ2) is 6.73. The van der Waals surface area contributed by atoms with Gasteiger partial charge in [0.2, 0.25) is 0 Å². The molecule has 0 aliphatic rings. The summed E-state index contributed by atoms with van der Waals surface area (Å²) in [4.78, 5) is 24.4. The Hall–Kier alpha value is -2.98. The van der Waals surface area contributed by atoms with Gasteiger partial charge < -0.3 is 0 Å². The van der Waals surface area contributed by atoms with Crippen molar-refractivity contribution in [3.63, 3.8) is 0 Å². The number of rotatable bonds is 3. The number of aromatic nitrogens is 1. The molecule has 0 amide bonds. The topological polar surface area (TPSA) is 39.1 Å². The van der Waals surface area contributed by atoms with Gasteiger partial charge >= 0.3 is 0 Å². The summed E-state index contributed by atoms with van der Waals surface area (Å²) in [7, 11) is 0. The molecule has 1 heterocycles. The van der Waals surface area contributed by atoms with Crippen molar-refractivity contribution in [1.29, 1.82) is 0 Å². The monoisotopic (exact) mass is 403 g/mol. The second-order valence-corrected chi connectivity index (χ2v) is 6.81. The Bertz CT molecular complexity index is 1110. The molecule has 0 aliphatic heterocycles. The van der Waals surface area contributed by atoms with Gasteiger partial charge in [-0.15, -0.1) is 0 Å². The molecule has 0 atom stereocenters. The molecule has 3 nitrogen and oxygen atoms in total. The molecular formula is C22H14BrNO2. The normalized spacial score (nSPS) is 10.8. The molecule has 0 radical (unpaired) electrons. The maximum absolute atomic E-state index is 13.0. The average Bonchev–Trinajstić information content (AvgIpc) is 3.08. The van der Waals surface area contributed by atoms with Crippen molar-refractivity contribution in [2.75, 3.05) is 0 Å². The summed E-state index contributed by atoms with van der Waals surface area (Å²) in [5.41, 5.74) is 3.92. The van der Waals surface area contributed by atoms with Gasteiger partial charge in [0.25, 0.3) is 5.91 Å². The van der Waals surface area contributed by atoms with Crippen LogP contribution in [0.4, 0.5) is 0 Å². The van der Waals surface area contributed by atoms with E-state index in [1.165, 1.54) is 4.57 Å². The number of fused-ring (bicyclic) bond motifs is 1. The molecule has 0 spiro atoms. The van der Waals surface area contributed by atoms with Gasteiger partial charge in [0.1, 0.15) is 0 Å². The van der Waals surface area contributed by atoms with E-state index in [2.05, 4.69) is 15.9 Å². The van der Waals surface area contributed by atoms with Gasteiger partial charge in [0.05, 0.1) is 5.52 Å². The van der Waals surface area contributed by atoms with Crippen LogP contribution < -0.4 is 0 Å². The van der Waals surface area contributed by atoms with E-state index in [-0.39, 0.29) is 5.91 Å². The van der Waals surface area contributed by atoms with Crippen molar-refractivity contribution >= 4 is 39.0 Å². The minimum atomic E-state index is -0.166. The minimum Gasteiger partial charge on any atom is -0.298 e. The quantitative estimate of drug-likeness (QED) is 0.419. The first kappa shape index (κ1) is 16.5. The van der Waals surface area contributed by atoms with E-state index in [9.17, 15) is 9.59 Å². The van der Waals surface area contributed by atoms with Crippen molar-refractivity contribution in [3.8, 4) is 11.1 Å². The van der Waals surface area contributed by atoms with Crippen molar-refractivity contribution in [2.45, 2.75) is 0 Å². The highest BCUT2D eigenvalue weighted by molar-refractivity contribution is 9.10. The van der Waals surface area contributed by atoms with Crippen molar-refractivity contribution in [1.82, 2.24) is 4.57 Å². The van der Waals surface area contributed by atoms with E-state index in [4.69, 9.17) is 0 Å². The molecule has 0 unspecified atom stereocenters. The van der Waals surface area contributed by atoms with Crippen LogP contribution in [0.2, 0.25) is 0 Å². The lowest BCUT2D eigenvalue weighted by atomic mass is 10.0. The summed E-state index contributed by atoms with van der Waals surface area (Å²) in [5.74, 6) is -0.166. The number of aldehydes is 1. The molecule has 26 heavy (non-hydrogen) atoms.